The molecule has 6 nitrogen and oxygen atoms in total. The number of carbonyl (C=O) groups excluding carboxylic acids is 1. The molecule has 2 aromatic rings. The van der Waals surface area contributed by atoms with Crippen LogP contribution in [-0.4, -0.2) is 41.0 Å². The lowest BCUT2D eigenvalue weighted by Crippen LogP contribution is -2.55. The van der Waals surface area contributed by atoms with E-state index in [2.05, 4.69) is 40.0 Å². The number of piperidine rings is 1. The van der Waals surface area contributed by atoms with E-state index in [1.165, 1.54) is 5.56 Å². The Morgan fingerprint density at radius 1 is 1.15 bits per heavy atom. The molecule has 1 atom stereocenters. The first kappa shape index (κ1) is 16.9. The van der Waals surface area contributed by atoms with Crippen LogP contribution in [0.25, 0.3) is 0 Å². The Morgan fingerprint density at radius 3 is 2.62 bits per heavy atom. The minimum atomic E-state index is -0.154. The van der Waals surface area contributed by atoms with Crippen LogP contribution in [0, 0.1) is 0 Å². The minimum Gasteiger partial charge on any atom is -0.459 e. The first-order valence-corrected chi connectivity index (χ1v) is 9.11. The average molecular weight is 352 g/mol. The second-order valence-electron chi connectivity index (χ2n) is 6.78. The molecule has 6 heteroatoms. The smallest absolute Gasteiger partial charge is 0.291 e. The lowest BCUT2D eigenvalue weighted by atomic mass is 10.0. The van der Waals surface area contributed by atoms with Crippen LogP contribution in [0.4, 0.5) is 0 Å². The van der Waals surface area contributed by atoms with Gasteiger partial charge in [0.05, 0.1) is 6.26 Å². The Labute approximate surface area is 153 Å². The van der Waals surface area contributed by atoms with Crippen molar-refractivity contribution in [1.29, 1.82) is 0 Å². The monoisotopic (exact) mass is 352 g/mol. The van der Waals surface area contributed by atoms with Crippen molar-refractivity contribution >= 4 is 5.91 Å². The van der Waals surface area contributed by atoms with Crippen molar-refractivity contribution in [3.63, 3.8) is 0 Å². The summed E-state index contributed by atoms with van der Waals surface area (Å²) < 4.78 is 5.35. The maximum absolute atomic E-state index is 13.0. The summed E-state index contributed by atoms with van der Waals surface area (Å²) in [4.78, 5) is 17.3. The topological polar surface area (TPSA) is 60.8 Å². The number of amides is 1. The summed E-state index contributed by atoms with van der Waals surface area (Å²) >= 11 is 0. The summed E-state index contributed by atoms with van der Waals surface area (Å²) in [5.41, 5.74) is 7.44. The van der Waals surface area contributed by atoms with Gasteiger partial charge in [0.2, 0.25) is 0 Å². The second kappa shape index (κ2) is 7.76. The maximum atomic E-state index is 13.0. The summed E-state index contributed by atoms with van der Waals surface area (Å²) in [6.45, 7) is 2.92. The maximum Gasteiger partial charge on any atom is 0.291 e. The fourth-order valence-corrected chi connectivity index (χ4v) is 3.73. The number of hydrogen-bond donors (Lipinski definition) is 2. The third-order valence-corrected chi connectivity index (χ3v) is 5.06. The van der Waals surface area contributed by atoms with Crippen molar-refractivity contribution in [2.45, 2.75) is 31.6 Å². The molecule has 1 unspecified atom stereocenters. The van der Waals surface area contributed by atoms with E-state index in [-0.39, 0.29) is 18.1 Å². The molecule has 0 aliphatic carbocycles. The Hall–Kier alpha value is -2.57. The number of nitrogens with one attached hydrogen (secondary N) is 2. The van der Waals surface area contributed by atoms with Crippen molar-refractivity contribution in [2.24, 2.45) is 0 Å². The van der Waals surface area contributed by atoms with Crippen LogP contribution < -0.4 is 10.9 Å². The molecule has 0 saturated carbocycles. The minimum absolute atomic E-state index is 0.0673. The van der Waals surface area contributed by atoms with Crippen LogP contribution in [-0.2, 0) is 6.54 Å². The van der Waals surface area contributed by atoms with E-state index < -0.39 is 0 Å². The van der Waals surface area contributed by atoms with Crippen molar-refractivity contribution in [3.05, 3.63) is 72.3 Å². The molecule has 1 amide bonds. The van der Waals surface area contributed by atoms with Crippen molar-refractivity contribution < 1.29 is 9.21 Å². The largest absolute Gasteiger partial charge is 0.459 e. The van der Waals surface area contributed by atoms with Gasteiger partial charge < -0.3 is 14.7 Å². The molecule has 2 N–H and O–H groups in total. The first-order chi connectivity index (χ1) is 12.8. The quantitative estimate of drug-likeness (QED) is 0.865. The molecule has 0 spiro atoms. The van der Waals surface area contributed by atoms with Crippen molar-refractivity contribution in [1.82, 2.24) is 20.7 Å². The van der Waals surface area contributed by atoms with Crippen LogP contribution in [0.2, 0.25) is 0 Å². The van der Waals surface area contributed by atoms with E-state index >= 15 is 0 Å². The van der Waals surface area contributed by atoms with E-state index in [4.69, 9.17) is 4.42 Å². The lowest BCUT2D eigenvalue weighted by molar-refractivity contribution is 0.0419. The zero-order chi connectivity index (χ0) is 17.8. The van der Waals surface area contributed by atoms with Gasteiger partial charge in [-0.05, 0) is 36.6 Å². The second-order valence-corrected chi connectivity index (χ2v) is 6.78. The van der Waals surface area contributed by atoms with Gasteiger partial charge in [-0.25, -0.2) is 5.43 Å². The van der Waals surface area contributed by atoms with E-state index in [9.17, 15) is 4.79 Å². The van der Waals surface area contributed by atoms with Gasteiger partial charge >= 0.3 is 0 Å². The average Bonchev–Trinajstić information content (AvgIpc) is 3.38. The van der Waals surface area contributed by atoms with Gasteiger partial charge in [-0.15, -0.1) is 0 Å². The molecular formula is C20H24N4O2. The first-order valence-electron chi connectivity index (χ1n) is 9.11. The highest BCUT2D eigenvalue weighted by Gasteiger charge is 2.34. The van der Waals surface area contributed by atoms with E-state index in [1.807, 2.05) is 23.2 Å². The number of carbonyl (C=O) groups is 1. The zero-order valence-corrected chi connectivity index (χ0v) is 14.7. The van der Waals surface area contributed by atoms with Gasteiger partial charge in [0.1, 0.15) is 6.17 Å². The molecule has 2 aliphatic rings. The van der Waals surface area contributed by atoms with Crippen LogP contribution in [0.3, 0.4) is 0 Å². The van der Waals surface area contributed by atoms with Crippen molar-refractivity contribution in [2.75, 3.05) is 13.1 Å². The number of hydrazine groups is 1. The Balaban J connectivity index is 1.42. The summed E-state index contributed by atoms with van der Waals surface area (Å²) in [6, 6.07) is 14.2. The van der Waals surface area contributed by atoms with Crippen LogP contribution >= 0.6 is 0 Å². The van der Waals surface area contributed by atoms with E-state index in [0.29, 0.717) is 5.76 Å². The molecule has 136 valence electrons. The van der Waals surface area contributed by atoms with Crippen LogP contribution in [0.1, 0.15) is 29.0 Å². The molecule has 1 saturated heterocycles. The van der Waals surface area contributed by atoms with E-state index in [0.717, 1.165) is 32.5 Å². The van der Waals surface area contributed by atoms with Crippen LogP contribution in [0.15, 0.2) is 65.4 Å². The SMILES string of the molecule is O=C(c1ccco1)N(C1CCN(Cc2ccccc2)CC1)C1C=CNN1. The number of likely N-dealkylation sites (tertiary alicyclic amines) is 1. The Bertz CT molecular complexity index is 736. The highest BCUT2D eigenvalue weighted by molar-refractivity contribution is 5.92. The normalized spacial score (nSPS) is 20.8. The van der Waals surface area contributed by atoms with Gasteiger partial charge in [0.25, 0.3) is 5.91 Å². The van der Waals surface area contributed by atoms with Gasteiger partial charge in [0.15, 0.2) is 5.76 Å². The molecule has 1 aromatic heterocycles. The van der Waals surface area contributed by atoms with Crippen molar-refractivity contribution in [3.8, 4) is 0 Å². The highest BCUT2D eigenvalue weighted by atomic mass is 16.3. The van der Waals surface area contributed by atoms with Gasteiger partial charge in [-0.3, -0.25) is 9.69 Å². The summed E-state index contributed by atoms with van der Waals surface area (Å²) in [5, 5.41) is 0. The van der Waals surface area contributed by atoms with Crippen LogP contribution in [0.5, 0.6) is 0 Å². The third kappa shape index (κ3) is 3.66. The fourth-order valence-electron chi connectivity index (χ4n) is 3.73. The Kier molecular flexibility index (Phi) is 5.04. The zero-order valence-electron chi connectivity index (χ0n) is 14.7. The summed E-state index contributed by atoms with van der Waals surface area (Å²) in [6.07, 6.45) is 7.09. The molecule has 4 rings (SSSR count). The number of hydrogen-bond acceptors (Lipinski definition) is 5. The summed E-state index contributed by atoms with van der Waals surface area (Å²) in [7, 11) is 0. The molecular weight excluding hydrogens is 328 g/mol. The molecule has 26 heavy (non-hydrogen) atoms. The highest BCUT2D eigenvalue weighted by Crippen LogP contribution is 2.23. The molecule has 1 fully saturated rings. The molecule has 1 aromatic carbocycles. The predicted molar refractivity (Wildman–Crippen MR) is 98.8 cm³/mol. The number of benzene rings is 1. The number of rotatable bonds is 5. The van der Waals surface area contributed by atoms with Gasteiger partial charge in [-0.1, -0.05) is 30.3 Å². The third-order valence-electron chi connectivity index (χ3n) is 5.06. The molecule has 0 bridgehead atoms. The number of furan rings is 1. The number of nitrogens with zero attached hydrogens (tertiary/aromatic N) is 2. The predicted octanol–water partition coefficient (Wildman–Crippen LogP) is 2.33. The fraction of sp³-hybridized carbons (Fsp3) is 0.350. The van der Waals surface area contributed by atoms with Gasteiger partial charge in [-0.2, -0.15) is 0 Å². The summed E-state index contributed by atoms with van der Waals surface area (Å²) in [5.74, 6) is 0.321. The lowest BCUT2D eigenvalue weighted by Gasteiger charge is -2.40. The molecule has 3 heterocycles. The standard InChI is InChI=1S/C20H24N4O2/c25-20(18-7-4-14-26-18)24(19-8-11-21-22-19)17-9-12-23(13-10-17)15-16-5-2-1-3-6-16/h1-8,11,14,17,19,21-22H,9-10,12-13,15H2. The molecule has 2 aliphatic heterocycles. The molecule has 0 radical (unpaired) electrons. The van der Waals surface area contributed by atoms with E-state index in [1.54, 1.807) is 18.4 Å². The Morgan fingerprint density at radius 2 is 1.96 bits per heavy atom. The van der Waals surface area contributed by atoms with Gasteiger partial charge in [0, 0.05) is 31.9 Å².